The van der Waals surface area contributed by atoms with Gasteiger partial charge in [0.25, 0.3) is 0 Å². The van der Waals surface area contributed by atoms with Crippen LogP contribution in [0.3, 0.4) is 0 Å². The molecule has 138 valence electrons. The summed E-state index contributed by atoms with van der Waals surface area (Å²) in [5, 5.41) is 10.4. The SMILES string of the molecule is O[C@@H]1CN(Cc2cnc(N3CCCCC3)nc2)C[C@H]1Cc1ccncc1. The number of likely N-dealkylation sites (tertiary alicyclic amines) is 1. The number of aliphatic hydroxyl groups excluding tert-OH is 1. The highest BCUT2D eigenvalue weighted by atomic mass is 16.3. The molecule has 0 amide bonds. The van der Waals surface area contributed by atoms with Crippen LogP contribution in [0.1, 0.15) is 30.4 Å². The molecule has 2 aliphatic rings. The predicted octanol–water partition coefficient (Wildman–Crippen LogP) is 1.90. The van der Waals surface area contributed by atoms with Gasteiger partial charge < -0.3 is 10.0 Å². The maximum atomic E-state index is 10.4. The zero-order chi connectivity index (χ0) is 17.8. The van der Waals surface area contributed by atoms with Crippen LogP contribution in [0.5, 0.6) is 0 Å². The normalized spacial score (nSPS) is 24.1. The van der Waals surface area contributed by atoms with Crippen molar-refractivity contribution in [3.63, 3.8) is 0 Å². The Labute approximate surface area is 154 Å². The molecule has 2 aromatic heterocycles. The number of hydrogen-bond acceptors (Lipinski definition) is 6. The molecule has 2 fully saturated rings. The maximum absolute atomic E-state index is 10.4. The van der Waals surface area contributed by atoms with Crippen LogP contribution < -0.4 is 4.90 Å². The van der Waals surface area contributed by atoms with Crippen molar-refractivity contribution in [3.8, 4) is 0 Å². The fraction of sp³-hybridized carbons (Fsp3) is 0.550. The Morgan fingerprint density at radius 1 is 0.962 bits per heavy atom. The molecule has 0 radical (unpaired) electrons. The van der Waals surface area contributed by atoms with Crippen LogP contribution in [0.25, 0.3) is 0 Å². The average Bonchev–Trinajstić information content (AvgIpc) is 3.03. The molecule has 2 aromatic rings. The summed E-state index contributed by atoms with van der Waals surface area (Å²) in [4.78, 5) is 17.8. The summed E-state index contributed by atoms with van der Waals surface area (Å²) in [6.45, 7) is 4.54. The van der Waals surface area contributed by atoms with Gasteiger partial charge in [0.15, 0.2) is 0 Å². The minimum Gasteiger partial charge on any atom is -0.391 e. The van der Waals surface area contributed by atoms with Crippen molar-refractivity contribution in [1.82, 2.24) is 19.9 Å². The minimum absolute atomic E-state index is 0.269. The Kier molecular flexibility index (Phi) is 5.41. The second-order valence-electron chi connectivity index (χ2n) is 7.52. The maximum Gasteiger partial charge on any atom is 0.225 e. The smallest absolute Gasteiger partial charge is 0.225 e. The van der Waals surface area contributed by atoms with Crippen LogP contribution in [0.15, 0.2) is 36.9 Å². The number of aromatic nitrogens is 3. The third-order valence-corrected chi connectivity index (χ3v) is 5.47. The lowest BCUT2D eigenvalue weighted by molar-refractivity contribution is 0.141. The van der Waals surface area contributed by atoms with E-state index >= 15 is 0 Å². The van der Waals surface area contributed by atoms with E-state index < -0.39 is 0 Å². The van der Waals surface area contributed by atoms with Crippen LogP contribution in [-0.2, 0) is 13.0 Å². The van der Waals surface area contributed by atoms with Gasteiger partial charge in [-0.3, -0.25) is 9.88 Å². The first kappa shape index (κ1) is 17.4. The first-order chi connectivity index (χ1) is 12.8. The van der Waals surface area contributed by atoms with E-state index in [1.807, 2.05) is 36.9 Å². The van der Waals surface area contributed by atoms with Crippen LogP contribution in [0, 0.1) is 5.92 Å². The summed E-state index contributed by atoms with van der Waals surface area (Å²) in [5.41, 5.74) is 2.35. The highest BCUT2D eigenvalue weighted by molar-refractivity contribution is 5.30. The van der Waals surface area contributed by atoms with Gasteiger partial charge in [-0.15, -0.1) is 0 Å². The van der Waals surface area contributed by atoms with Gasteiger partial charge in [0.2, 0.25) is 5.95 Å². The summed E-state index contributed by atoms with van der Waals surface area (Å²) in [6.07, 6.45) is 11.9. The van der Waals surface area contributed by atoms with E-state index in [1.165, 1.54) is 24.8 Å². The van der Waals surface area contributed by atoms with Crippen LogP contribution in [0.2, 0.25) is 0 Å². The lowest BCUT2D eigenvalue weighted by Crippen LogP contribution is -2.31. The molecular weight excluding hydrogens is 326 g/mol. The number of pyridine rings is 1. The number of aliphatic hydroxyl groups is 1. The van der Waals surface area contributed by atoms with E-state index in [-0.39, 0.29) is 12.0 Å². The Morgan fingerprint density at radius 3 is 2.42 bits per heavy atom. The third-order valence-electron chi connectivity index (χ3n) is 5.47. The Morgan fingerprint density at radius 2 is 1.69 bits per heavy atom. The summed E-state index contributed by atoms with van der Waals surface area (Å²) in [7, 11) is 0. The minimum atomic E-state index is -0.281. The summed E-state index contributed by atoms with van der Waals surface area (Å²) in [5.74, 6) is 1.12. The first-order valence-electron chi connectivity index (χ1n) is 9.63. The van der Waals surface area contributed by atoms with Crippen molar-refractivity contribution in [1.29, 1.82) is 0 Å². The molecule has 0 aromatic carbocycles. The molecule has 6 nitrogen and oxygen atoms in total. The van der Waals surface area contributed by atoms with E-state index in [2.05, 4.69) is 24.8 Å². The van der Waals surface area contributed by atoms with Crippen molar-refractivity contribution in [3.05, 3.63) is 48.0 Å². The first-order valence-corrected chi connectivity index (χ1v) is 9.63. The molecule has 4 heterocycles. The van der Waals surface area contributed by atoms with Gasteiger partial charge in [-0.1, -0.05) is 0 Å². The fourth-order valence-corrected chi connectivity index (χ4v) is 4.04. The van der Waals surface area contributed by atoms with Gasteiger partial charge in [0.05, 0.1) is 6.10 Å². The highest BCUT2D eigenvalue weighted by Crippen LogP contribution is 2.23. The van der Waals surface area contributed by atoms with Gasteiger partial charge in [-0.2, -0.15) is 0 Å². The second-order valence-corrected chi connectivity index (χ2v) is 7.52. The van der Waals surface area contributed by atoms with Crippen LogP contribution in [0.4, 0.5) is 5.95 Å². The van der Waals surface area contributed by atoms with Crippen molar-refractivity contribution in [2.24, 2.45) is 5.92 Å². The molecule has 0 unspecified atom stereocenters. The summed E-state index contributed by atoms with van der Waals surface area (Å²) >= 11 is 0. The van der Waals surface area contributed by atoms with Gasteiger partial charge in [-0.05, 0) is 43.4 Å². The summed E-state index contributed by atoms with van der Waals surface area (Å²) < 4.78 is 0. The molecule has 2 saturated heterocycles. The van der Waals surface area contributed by atoms with Crippen molar-refractivity contribution in [2.45, 2.75) is 38.3 Å². The van der Waals surface area contributed by atoms with Crippen LogP contribution in [-0.4, -0.2) is 57.2 Å². The number of β-amino-alcohol motifs (C(OH)–C–C–N with tert-alkyl or cyclic N) is 1. The standard InChI is InChI=1S/C20H27N5O/c26-19-15-24(14-18(19)10-16-4-6-21-7-5-16)13-17-11-22-20(23-12-17)25-8-2-1-3-9-25/h4-7,11-12,18-19,26H,1-3,8-10,13-15H2/t18-,19-/m1/s1. The molecule has 2 atom stereocenters. The third kappa shape index (κ3) is 4.19. The monoisotopic (exact) mass is 353 g/mol. The Hall–Kier alpha value is -2.05. The topological polar surface area (TPSA) is 65.4 Å². The molecule has 26 heavy (non-hydrogen) atoms. The second kappa shape index (κ2) is 8.10. The molecule has 2 aliphatic heterocycles. The van der Waals surface area contributed by atoms with Crippen molar-refractivity contribution < 1.29 is 5.11 Å². The van der Waals surface area contributed by atoms with E-state index in [1.54, 1.807) is 0 Å². The molecule has 0 saturated carbocycles. The zero-order valence-corrected chi connectivity index (χ0v) is 15.2. The van der Waals surface area contributed by atoms with E-state index in [0.29, 0.717) is 6.54 Å². The number of piperidine rings is 1. The number of hydrogen-bond donors (Lipinski definition) is 1. The number of rotatable bonds is 5. The molecule has 1 N–H and O–H groups in total. The van der Waals surface area contributed by atoms with Crippen molar-refractivity contribution in [2.75, 3.05) is 31.1 Å². The van der Waals surface area contributed by atoms with E-state index in [9.17, 15) is 5.11 Å². The molecule has 0 aliphatic carbocycles. The largest absolute Gasteiger partial charge is 0.391 e. The number of nitrogens with zero attached hydrogens (tertiary/aromatic N) is 5. The molecule has 0 bridgehead atoms. The Bertz CT molecular complexity index is 687. The lowest BCUT2D eigenvalue weighted by Gasteiger charge is -2.26. The van der Waals surface area contributed by atoms with Gasteiger partial charge >= 0.3 is 0 Å². The van der Waals surface area contributed by atoms with E-state index in [4.69, 9.17) is 0 Å². The van der Waals surface area contributed by atoms with Gasteiger partial charge in [0.1, 0.15) is 0 Å². The predicted molar refractivity (Wildman–Crippen MR) is 101 cm³/mol. The highest BCUT2D eigenvalue weighted by Gasteiger charge is 2.31. The Balaban J connectivity index is 1.32. The molecule has 0 spiro atoms. The number of anilines is 1. The zero-order valence-electron chi connectivity index (χ0n) is 15.2. The molecule has 6 heteroatoms. The quantitative estimate of drug-likeness (QED) is 0.886. The molecule has 4 rings (SSSR count). The van der Waals surface area contributed by atoms with Crippen molar-refractivity contribution >= 4 is 5.95 Å². The fourth-order valence-electron chi connectivity index (χ4n) is 4.04. The van der Waals surface area contributed by atoms with Gasteiger partial charge in [0, 0.05) is 69.0 Å². The average molecular weight is 353 g/mol. The van der Waals surface area contributed by atoms with Gasteiger partial charge in [-0.25, -0.2) is 9.97 Å². The van der Waals surface area contributed by atoms with E-state index in [0.717, 1.165) is 44.1 Å². The van der Waals surface area contributed by atoms with Crippen LogP contribution >= 0.6 is 0 Å². The summed E-state index contributed by atoms with van der Waals surface area (Å²) in [6, 6.07) is 4.06. The molecular formula is C20H27N5O. The lowest BCUT2D eigenvalue weighted by atomic mass is 9.97.